The van der Waals surface area contributed by atoms with E-state index in [0.717, 1.165) is 30.8 Å². The Kier molecular flexibility index (Phi) is 7.36. The highest BCUT2D eigenvalue weighted by Gasteiger charge is 2.37. The van der Waals surface area contributed by atoms with Gasteiger partial charge < -0.3 is 20.1 Å². The van der Waals surface area contributed by atoms with Crippen LogP contribution in [0.15, 0.2) is 30.3 Å². The van der Waals surface area contributed by atoms with Gasteiger partial charge in [-0.05, 0) is 33.9 Å². The van der Waals surface area contributed by atoms with Gasteiger partial charge in [-0.15, -0.1) is 0 Å². The minimum Gasteiger partial charge on any atom is -0.357 e. The Labute approximate surface area is 177 Å². The summed E-state index contributed by atoms with van der Waals surface area (Å²) in [6, 6.07) is 8.35. The molecule has 0 aliphatic carbocycles. The Hall–Kier alpha value is -2.74. The molecule has 0 spiro atoms. The van der Waals surface area contributed by atoms with Gasteiger partial charge in [0.15, 0.2) is 5.69 Å². The molecule has 30 heavy (non-hydrogen) atoms. The standard InChI is InChI=1S/C21H28FN5O2.CH4/c1-21(2,22)17(20(29)23-3)25-19(28)16-15-13-26(4)11-8-12-27(15)18(24-16)14-9-6-5-7-10-14;/h5-7,9-10,17H,8,11-13H2,1-4H3,(H,23,29)(H,25,28);1H4. The lowest BCUT2D eigenvalue weighted by Crippen LogP contribution is -2.55. The summed E-state index contributed by atoms with van der Waals surface area (Å²) in [6.07, 6.45) is 0.930. The number of carbonyl (C=O) groups excluding carboxylic acids is 2. The maximum absolute atomic E-state index is 14.6. The lowest BCUT2D eigenvalue weighted by atomic mass is 10.00. The van der Waals surface area contributed by atoms with Gasteiger partial charge in [0, 0.05) is 25.7 Å². The first kappa shape index (κ1) is 23.5. The number of aromatic nitrogens is 2. The number of nitrogens with zero attached hydrogens (tertiary/aromatic N) is 3. The van der Waals surface area contributed by atoms with Crippen LogP contribution >= 0.6 is 0 Å². The molecule has 164 valence electrons. The Morgan fingerprint density at radius 2 is 1.87 bits per heavy atom. The fourth-order valence-corrected chi connectivity index (χ4v) is 3.60. The second kappa shape index (κ2) is 9.38. The van der Waals surface area contributed by atoms with Gasteiger partial charge in [-0.2, -0.15) is 0 Å². The molecule has 0 fully saturated rings. The molecule has 1 unspecified atom stereocenters. The largest absolute Gasteiger partial charge is 0.357 e. The summed E-state index contributed by atoms with van der Waals surface area (Å²) in [5.74, 6) is -0.431. The van der Waals surface area contributed by atoms with E-state index >= 15 is 0 Å². The number of amides is 2. The van der Waals surface area contributed by atoms with Crippen LogP contribution in [0.1, 0.15) is 43.9 Å². The molecule has 2 aromatic rings. The molecule has 0 saturated heterocycles. The highest BCUT2D eigenvalue weighted by Crippen LogP contribution is 2.26. The molecular weight excluding hydrogens is 385 g/mol. The predicted octanol–water partition coefficient (Wildman–Crippen LogP) is 2.61. The SMILES string of the molecule is C.CNC(=O)C(NC(=O)c1nc(-c2ccccc2)n2c1CN(C)CCC2)C(C)(C)F. The molecule has 1 aromatic heterocycles. The number of likely N-dealkylation sites (N-methyl/N-ethyl adjacent to an activating group) is 1. The summed E-state index contributed by atoms with van der Waals surface area (Å²) in [7, 11) is 3.41. The molecule has 0 saturated carbocycles. The monoisotopic (exact) mass is 417 g/mol. The second-order valence-corrected chi connectivity index (χ2v) is 7.92. The van der Waals surface area contributed by atoms with Gasteiger partial charge in [0.1, 0.15) is 17.5 Å². The van der Waals surface area contributed by atoms with E-state index in [4.69, 9.17) is 0 Å². The van der Waals surface area contributed by atoms with Crippen LogP contribution in [0, 0.1) is 0 Å². The van der Waals surface area contributed by atoms with Crippen molar-refractivity contribution >= 4 is 11.8 Å². The van der Waals surface area contributed by atoms with Crippen LogP contribution in [-0.2, 0) is 17.9 Å². The third kappa shape index (κ3) is 4.87. The van der Waals surface area contributed by atoms with Crippen molar-refractivity contribution < 1.29 is 14.0 Å². The molecule has 8 heteroatoms. The smallest absolute Gasteiger partial charge is 0.272 e. The minimum atomic E-state index is -1.93. The first-order valence-corrected chi connectivity index (χ1v) is 9.77. The number of halogens is 1. The highest BCUT2D eigenvalue weighted by molar-refractivity contribution is 5.98. The molecule has 3 rings (SSSR count). The van der Waals surface area contributed by atoms with Crippen molar-refractivity contribution in [1.82, 2.24) is 25.1 Å². The third-order valence-corrected chi connectivity index (χ3v) is 5.13. The van der Waals surface area contributed by atoms with Gasteiger partial charge >= 0.3 is 0 Å². The zero-order chi connectivity index (χ0) is 21.2. The van der Waals surface area contributed by atoms with E-state index in [-0.39, 0.29) is 13.1 Å². The van der Waals surface area contributed by atoms with Gasteiger partial charge in [0.05, 0.1) is 5.69 Å². The minimum absolute atomic E-state index is 0. The van der Waals surface area contributed by atoms with Crippen LogP contribution in [0.4, 0.5) is 4.39 Å². The van der Waals surface area contributed by atoms with E-state index in [1.165, 1.54) is 20.9 Å². The number of nitrogens with one attached hydrogen (secondary N) is 2. The number of imidazole rings is 1. The quantitative estimate of drug-likeness (QED) is 0.784. The zero-order valence-corrected chi connectivity index (χ0v) is 17.3. The topological polar surface area (TPSA) is 79.3 Å². The Morgan fingerprint density at radius 3 is 2.47 bits per heavy atom. The summed E-state index contributed by atoms with van der Waals surface area (Å²) in [6.45, 7) is 4.72. The van der Waals surface area contributed by atoms with Gasteiger partial charge in [0.25, 0.3) is 5.91 Å². The number of hydrogen-bond donors (Lipinski definition) is 2. The molecule has 7 nitrogen and oxygen atoms in total. The summed E-state index contributed by atoms with van der Waals surface area (Å²) in [5.41, 5.74) is -0.0126. The van der Waals surface area contributed by atoms with E-state index in [1.807, 2.05) is 37.4 Å². The summed E-state index contributed by atoms with van der Waals surface area (Å²) in [4.78, 5) is 32.0. The lowest BCUT2D eigenvalue weighted by molar-refractivity contribution is -0.125. The normalized spacial score (nSPS) is 15.4. The van der Waals surface area contributed by atoms with E-state index < -0.39 is 23.5 Å². The van der Waals surface area contributed by atoms with Crippen molar-refractivity contribution in [3.05, 3.63) is 41.7 Å². The predicted molar refractivity (Wildman–Crippen MR) is 116 cm³/mol. The molecule has 2 heterocycles. The van der Waals surface area contributed by atoms with E-state index in [1.54, 1.807) is 0 Å². The molecule has 0 bridgehead atoms. The fourth-order valence-electron chi connectivity index (χ4n) is 3.60. The molecule has 0 radical (unpaired) electrons. The molecule has 2 N–H and O–H groups in total. The van der Waals surface area contributed by atoms with Crippen molar-refractivity contribution in [1.29, 1.82) is 0 Å². The Bertz CT molecular complexity index is 889. The Morgan fingerprint density at radius 1 is 1.20 bits per heavy atom. The van der Waals surface area contributed by atoms with Gasteiger partial charge in [-0.25, -0.2) is 9.37 Å². The van der Waals surface area contributed by atoms with Gasteiger partial charge in [-0.1, -0.05) is 37.8 Å². The van der Waals surface area contributed by atoms with Crippen LogP contribution in [0.2, 0.25) is 0 Å². The van der Waals surface area contributed by atoms with Crippen LogP contribution in [0.25, 0.3) is 11.4 Å². The molecular formula is C22H32FN5O2. The number of alkyl halides is 1. The molecule has 2 amide bonds. The first-order valence-electron chi connectivity index (χ1n) is 9.77. The molecule has 1 aliphatic heterocycles. The number of rotatable bonds is 5. The summed E-state index contributed by atoms with van der Waals surface area (Å²) < 4.78 is 16.7. The van der Waals surface area contributed by atoms with Crippen LogP contribution in [-0.4, -0.2) is 58.6 Å². The van der Waals surface area contributed by atoms with Crippen molar-refractivity contribution in [3.63, 3.8) is 0 Å². The average Bonchev–Trinajstić information content (AvgIpc) is 2.92. The van der Waals surface area contributed by atoms with Crippen LogP contribution < -0.4 is 10.6 Å². The van der Waals surface area contributed by atoms with Crippen molar-refractivity contribution in [2.24, 2.45) is 0 Å². The van der Waals surface area contributed by atoms with Crippen LogP contribution in [0.5, 0.6) is 0 Å². The van der Waals surface area contributed by atoms with Crippen LogP contribution in [0.3, 0.4) is 0 Å². The maximum atomic E-state index is 14.6. The second-order valence-electron chi connectivity index (χ2n) is 7.92. The van der Waals surface area contributed by atoms with Crippen molar-refractivity contribution in [3.8, 4) is 11.4 Å². The van der Waals surface area contributed by atoms with Crippen molar-refractivity contribution in [2.45, 2.75) is 52.5 Å². The molecule has 1 aliphatic rings. The third-order valence-electron chi connectivity index (χ3n) is 5.13. The maximum Gasteiger partial charge on any atom is 0.272 e. The zero-order valence-electron chi connectivity index (χ0n) is 17.3. The summed E-state index contributed by atoms with van der Waals surface area (Å²) in [5, 5.41) is 4.97. The Balaban J connectivity index is 0.00000320. The van der Waals surface area contributed by atoms with Gasteiger partial charge in [0.2, 0.25) is 5.91 Å². The number of benzene rings is 1. The van der Waals surface area contributed by atoms with Crippen molar-refractivity contribution in [2.75, 3.05) is 20.6 Å². The van der Waals surface area contributed by atoms with E-state index in [0.29, 0.717) is 12.4 Å². The van der Waals surface area contributed by atoms with Gasteiger partial charge in [-0.3, -0.25) is 9.59 Å². The van der Waals surface area contributed by atoms with E-state index in [2.05, 4.69) is 25.1 Å². The average molecular weight is 418 g/mol. The number of fused-ring (bicyclic) bond motifs is 1. The lowest BCUT2D eigenvalue weighted by Gasteiger charge is -2.26. The highest BCUT2D eigenvalue weighted by atomic mass is 19.1. The number of hydrogen-bond acceptors (Lipinski definition) is 4. The fraction of sp³-hybridized carbons (Fsp3) is 0.500. The molecule has 1 atom stereocenters. The molecule has 1 aromatic carbocycles. The number of carbonyl (C=O) groups is 2. The first-order chi connectivity index (χ1) is 13.7. The van der Waals surface area contributed by atoms with E-state index in [9.17, 15) is 14.0 Å². The summed E-state index contributed by atoms with van der Waals surface area (Å²) >= 11 is 0.